The van der Waals surface area contributed by atoms with Crippen LogP contribution in [0.4, 0.5) is 5.69 Å². The van der Waals surface area contributed by atoms with E-state index in [0.29, 0.717) is 5.69 Å². The van der Waals surface area contributed by atoms with Gasteiger partial charge >= 0.3 is 0 Å². The molecule has 0 radical (unpaired) electrons. The number of anilines is 1. The largest absolute Gasteiger partial charge is 0.316 e. The Balaban J connectivity index is 2.06. The van der Waals surface area contributed by atoms with Crippen molar-refractivity contribution in [2.24, 2.45) is 0 Å². The predicted molar refractivity (Wildman–Crippen MR) is 58.0 cm³/mol. The van der Waals surface area contributed by atoms with Gasteiger partial charge in [-0.3, -0.25) is 0 Å². The zero-order chi connectivity index (χ0) is 10.5. The summed E-state index contributed by atoms with van der Waals surface area (Å²) in [6.07, 6.45) is 5.38. The number of nitrogens with one attached hydrogen (secondary N) is 1. The minimum absolute atomic E-state index is 0.461. The van der Waals surface area contributed by atoms with E-state index in [2.05, 4.69) is 21.5 Å². The average molecular weight is 202 g/mol. The molecule has 0 saturated carbocycles. The van der Waals surface area contributed by atoms with Crippen molar-refractivity contribution in [2.75, 3.05) is 18.5 Å². The van der Waals surface area contributed by atoms with E-state index in [4.69, 9.17) is 5.26 Å². The minimum Gasteiger partial charge on any atom is -0.316 e. The molecule has 15 heavy (non-hydrogen) atoms. The number of hydrogen-bond acceptors (Lipinski definition) is 4. The lowest BCUT2D eigenvalue weighted by atomic mass is 10.2. The van der Waals surface area contributed by atoms with Crippen molar-refractivity contribution in [3.63, 3.8) is 0 Å². The van der Waals surface area contributed by atoms with E-state index >= 15 is 0 Å². The van der Waals surface area contributed by atoms with E-state index in [-0.39, 0.29) is 0 Å². The predicted octanol–water partition coefficient (Wildman–Crippen LogP) is 1.77. The summed E-state index contributed by atoms with van der Waals surface area (Å²) in [6, 6.07) is 5.81. The van der Waals surface area contributed by atoms with Gasteiger partial charge in [0.15, 0.2) is 5.69 Å². The van der Waals surface area contributed by atoms with Gasteiger partial charge in [-0.25, -0.2) is 9.99 Å². The second-order valence-corrected chi connectivity index (χ2v) is 3.67. The number of nitriles is 1. The Morgan fingerprint density at radius 1 is 1.33 bits per heavy atom. The van der Waals surface area contributed by atoms with E-state index < -0.39 is 0 Å². The molecule has 1 aliphatic rings. The molecule has 0 atom stereocenters. The van der Waals surface area contributed by atoms with Crippen LogP contribution in [-0.4, -0.2) is 23.1 Å². The average Bonchev–Trinajstić information content (AvgIpc) is 2.31. The van der Waals surface area contributed by atoms with Crippen LogP contribution in [0.5, 0.6) is 0 Å². The summed E-state index contributed by atoms with van der Waals surface area (Å²) in [5, 5.41) is 11.0. The van der Waals surface area contributed by atoms with Crippen molar-refractivity contribution in [2.45, 2.75) is 19.3 Å². The fourth-order valence-corrected chi connectivity index (χ4v) is 1.76. The zero-order valence-corrected chi connectivity index (χ0v) is 8.61. The summed E-state index contributed by atoms with van der Waals surface area (Å²) in [4.78, 5) is 4.01. The fourth-order valence-electron chi connectivity index (χ4n) is 1.76. The molecule has 1 aromatic rings. The number of rotatable bonds is 2. The maximum Gasteiger partial charge on any atom is 0.164 e. The SMILES string of the molecule is N#Cc1ncccc1NN1CCCCC1. The van der Waals surface area contributed by atoms with Crippen LogP contribution in [0.15, 0.2) is 18.3 Å². The van der Waals surface area contributed by atoms with Crippen LogP contribution in [0.25, 0.3) is 0 Å². The molecule has 2 rings (SSSR count). The molecule has 1 N–H and O–H groups in total. The third-order valence-electron chi connectivity index (χ3n) is 2.55. The molecule has 78 valence electrons. The zero-order valence-electron chi connectivity index (χ0n) is 8.61. The summed E-state index contributed by atoms with van der Waals surface area (Å²) < 4.78 is 0. The maximum absolute atomic E-state index is 8.88. The van der Waals surface area contributed by atoms with E-state index in [1.165, 1.54) is 19.3 Å². The number of aromatic nitrogens is 1. The lowest BCUT2D eigenvalue weighted by molar-refractivity contribution is 0.273. The molecule has 1 fully saturated rings. The van der Waals surface area contributed by atoms with Gasteiger partial charge in [-0.15, -0.1) is 0 Å². The molecule has 1 aromatic heterocycles. The highest BCUT2D eigenvalue weighted by Crippen LogP contribution is 2.15. The second kappa shape index (κ2) is 4.76. The topological polar surface area (TPSA) is 52.0 Å². The van der Waals surface area contributed by atoms with Crippen LogP contribution in [0.3, 0.4) is 0 Å². The summed E-state index contributed by atoms with van der Waals surface area (Å²) in [5.74, 6) is 0. The third kappa shape index (κ3) is 2.45. The van der Waals surface area contributed by atoms with Gasteiger partial charge in [0.1, 0.15) is 6.07 Å². The van der Waals surface area contributed by atoms with Crippen LogP contribution in [0.1, 0.15) is 25.0 Å². The van der Waals surface area contributed by atoms with Crippen molar-refractivity contribution in [1.82, 2.24) is 9.99 Å². The molecule has 4 heteroatoms. The van der Waals surface area contributed by atoms with Gasteiger partial charge in [-0.2, -0.15) is 5.26 Å². The second-order valence-electron chi connectivity index (χ2n) is 3.67. The van der Waals surface area contributed by atoms with Crippen molar-refractivity contribution in [3.05, 3.63) is 24.0 Å². The van der Waals surface area contributed by atoms with Crippen molar-refractivity contribution in [1.29, 1.82) is 5.26 Å². The third-order valence-corrected chi connectivity index (χ3v) is 2.55. The lowest BCUT2D eigenvalue weighted by Crippen LogP contribution is -2.35. The molecule has 0 spiro atoms. The van der Waals surface area contributed by atoms with Crippen molar-refractivity contribution in [3.8, 4) is 6.07 Å². The highest BCUT2D eigenvalue weighted by Gasteiger charge is 2.11. The molecule has 0 amide bonds. The van der Waals surface area contributed by atoms with Crippen molar-refractivity contribution < 1.29 is 0 Å². The van der Waals surface area contributed by atoms with Gasteiger partial charge in [-0.05, 0) is 25.0 Å². The summed E-state index contributed by atoms with van der Waals surface area (Å²) >= 11 is 0. The van der Waals surface area contributed by atoms with Crippen LogP contribution in [-0.2, 0) is 0 Å². The Hall–Kier alpha value is -1.60. The Morgan fingerprint density at radius 3 is 2.87 bits per heavy atom. The molecule has 0 aromatic carbocycles. The molecule has 2 heterocycles. The van der Waals surface area contributed by atoms with E-state index in [1.807, 2.05) is 12.1 Å². The Morgan fingerprint density at radius 2 is 2.13 bits per heavy atom. The summed E-state index contributed by atoms with van der Waals surface area (Å²) in [5.41, 5.74) is 4.52. The summed E-state index contributed by atoms with van der Waals surface area (Å²) in [6.45, 7) is 2.08. The first-order chi connectivity index (χ1) is 7.40. The standard InChI is InChI=1S/C11H14N4/c12-9-11-10(5-4-6-13-11)14-15-7-2-1-3-8-15/h4-6,14H,1-3,7-8H2. The maximum atomic E-state index is 8.88. The molecular formula is C11H14N4. The highest BCUT2D eigenvalue weighted by atomic mass is 15.5. The first-order valence-electron chi connectivity index (χ1n) is 5.27. The number of nitrogens with zero attached hydrogens (tertiary/aromatic N) is 3. The molecule has 1 aliphatic heterocycles. The van der Waals surface area contributed by atoms with Gasteiger partial charge in [0.25, 0.3) is 0 Å². The first-order valence-corrected chi connectivity index (χ1v) is 5.27. The van der Waals surface area contributed by atoms with E-state index in [9.17, 15) is 0 Å². The van der Waals surface area contributed by atoms with E-state index in [1.54, 1.807) is 6.20 Å². The van der Waals surface area contributed by atoms with Gasteiger partial charge in [0, 0.05) is 19.3 Å². The molecule has 1 saturated heterocycles. The Bertz CT molecular complexity index is 363. The van der Waals surface area contributed by atoms with Crippen molar-refractivity contribution >= 4 is 5.69 Å². The minimum atomic E-state index is 0.461. The van der Waals surface area contributed by atoms with Crippen LogP contribution >= 0.6 is 0 Å². The van der Waals surface area contributed by atoms with Crippen LogP contribution in [0, 0.1) is 11.3 Å². The highest BCUT2D eigenvalue weighted by molar-refractivity contribution is 5.52. The fraction of sp³-hybridized carbons (Fsp3) is 0.455. The molecule has 0 unspecified atom stereocenters. The van der Waals surface area contributed by atoms with Crippen LogP contribution in [0.2, 0.25) is 0 Å². The molecule has 0 aliphatic carbocycles. The Labute approximate surface area is 89.5 Å². The number of pyridine rings is 1. The molecular weight excluding hydrogens is 188 g/mol. The first kappa shape index (κ1) is 9.94. The monoisotopic (exact) mass is 202 g/mol. The van der Waals surface area contributed by atoms with Crippen LogP contribution < -0.4 is 5.43 Å². The Kier molecular flexibility index (Phi) is 3.15. The van der Waals surface area contributed by atoms with Gasteiger partial charge in [0.05, 0.1) is 5.69 Å². The van der Waals surface area contributed by atoms with Gasteiger partial charge < -0.3 is 5.43 Å². The van der Waals surface area contributed by atoms with Gasteiger partial charge in [0.2, 0.25) is 0 Å². The molecule has 0 bridgehead atoms. The van der Waals surface area contributed by atoms with E-state index in [0.717, 1.165) is 18.8 Å². The number of piperidine rings is 1. The number of hydrogen-bond donors (Lipinski definition) is 1. The smallest absolute Gasteiger partial charge is 0.164 e. The molecule has 4 nitrogen and oxygen atoms in total. The van der Waals surface area contributed by atoms with Gasteiger partial charge in [-0.1, -0.05) is 6.42 Å². The number of hydrazine groups is 1. The quantitative estimate of drug-likeness (QED) is 0.794. The summed E-state index contributed by atoms with van der Waals surface area (Å²) in [7, 11) is 0. The normalized spacial score (nSPS) is 17.0. The lowest BCUT2D eigenvalue weighted by Gasteiger charge is -2.27.